The monoisotopic (exact) mass is 422 g/mol. The highest BCUT2D eigenvalue weighted by molar-refractivity contribution is 5.95. The Morgan fingerprint density at radius 2 is 1.83 bits per heavy atom. The van der Waals surface area contributed by atoms with E-state index in [1.54, 1.807) is 13.8 Å². The highest BCUT2D eigenvalue weighted by Gasteiger charge is 2.40. The van der Waals surface area contributed by atoms with Crippen LogP contribution in [0, 0.1) is 5.92 Å². The van der Waals surface area contributed by atoms with E-state index < -0.39 is 29.4 Å². The Balaban J connectivity index is 1.72. The summed E-state index contributed by atoms with van der Waals surface area (Å²) < 4.78 is 41.4. The first-order valence-electron chi connectivity index (χ1n) is 10.4. The summed E-state index contributed by atoms with van der Waals surface area (Å²) in [7, 11) is 0. The van der Waals surface area contributed by atoms with Gasteiger partial charge in [0.2, 0.25) is 0 Å². The molecule has 0 saturated carbocycles. The Hall–Kier alpha value is -2.35. The minimum absolute atomic E-state index is 0.170. The van der Waals surface area contributed by atoms with Gasteiger partial charge in [-0.3, -0.25) is 14.4 Å². The van der Waals surface area contributed by atoms with E-state index in [1.165, 1.54) is 12.8 Å². The molecule has 0 unspecified atom stereocenters. The highest BCUT2D eigenvalue weighted by Crippen LogP contribution is 2.33. The van der Waals surface area contributed by atoms with Gasteiger partial charge >= 0.3 is 6.18 Å². The molecular weight excluding hydrogens is 393 g/mol. The van der Waals surface area contributed by atoms with Gasteiger partial charge in [0, 0.05) is 19.1 Å². The van der Waals surface area contributed by atoms with Crippen LogP contribution in [0.5, 0.6) is 0 Å². The first kappa shape index (κ1) is 22.3. The number of hydrogen-bond donors (Lipinski definition) is 1. The molecule has 1 amide bonds. The van der Waals surface area contributed by atoms with Crippen LogP contribution in [0.1, 0.15) is 66.8 Å². The molecule has 3 rings (SSSR count). The molecule has 164 valence electrons. The van der Waals surface area contributed by atoms with E-state index in [-0.39, 0.29) is 6.54 Å². The zero-order chi connectivity index (χ0) is 21.9. The lowest BCUT2D eigenvalue weighted by Gasteiger charge is -2.30. The Morgan fingerprint density at radius 3 is 2.43 bits per heavy atom. The van der Waals surface area contributed by atoms with Crippen LogP contribution in [-0.4, -0.2) is 33.7 Å². The molecule has 2 heterocycles. The minimum atomic E-state index is -4.66. The number of piperidine rings is 1. The van der Waals surface area contributed by atoms with Crippen LogP contribution in [0.3, 0.4) is 0 Å². The van der Waals surface area contributed by atoms with E-state index in [0.29, 0.717) is 0 Å². The van der Waals surface area contributed by atoms with E-state index in [2.05, 4.69) is 22.2 Å². The molecule has 0 radical (unpaired) electrons. The Kier molecular flexibility index (Phi) is 6.85. The third kappa shape index (κ3) is 5.22. The van der Waals surface area contributed by atoms with E-state index in [0.717, 1.165) is 47.6 Å². The van der Waals surface area contributed by atoms with E-state index >= 15 is 0 Å². The second kappa shape index (κ2) is 9.20. The van der Waals surface area contributed by atoms with Gasteiger partial charge in [-0.2, -0.15) is 18.3 Å². The number of likely N-dealkylation sites (tertiary alicyclic amines) is 1. The van der Waals surface area contributed by atoms with Crippen LogP contribution in [0.15, 0.2) is 30.5 Å². The largest absolute Gasteiger partial charge is 0.433 e. The van der Waals surface area contributed by atoms with Crippen molar-refractivity contribution in [1.29, 1.82) is 0 Å². The number of alkyl halides is 3. The summed E-state index contributed by atoms with van der Waals surface area (Å²) in [6.45, 7) is 8.47. The van der Waals surface area contributed by atoms with Crippen molar-refractivity contribution >= 4 is 5.91 Å². The van der Waals surface area contributed by atoms with Crippen LogP contribution in [0.2, 0.25) is 0 Å². The maximum Gasteiger partial charge on any atom is 0.433 e. The van der Waals surface area contributed by atoms with E-state index in [1.807, 2.05) is 24.3 Å². The van der Waals surface area contributed by atoms with Gasteiger partial charge in [0.15, 0.2) is 5.69 Å². The van der Waals surface area contributed by atoms with Crippen LogP contribution in [-0.2, 0) is 19.3 Å². The SMILES string of the molecule is CC1CCN(Cc2ccccc2CNC(=O)c2cnn(C(C)C)c2C(F)(F)F)CC1. The number of hydrogen-bond acceptors (Lipinski definition) is 3. The summed E-state index contributed by atoms with van der Waals surface area (Å²) in [6, 6.07) is 7.24. The molecule has 5 nitrogen and oxygen atoms in total. The van der Waals surface area contributed by atoms with Gasteiger partial charge < -0.3 is 5.32 Å². The molecule has 0 atom stereocenters. The number of nitrogens with zero attached hydrogens (tertiary/aromatic N) is 3. The Bertz CT molecular complexity index is 868. The third-order valence-corrected chi connectivity index (χ3v) is 5.63. The Labute approximate surface area is 175 Å². The topological polar surface area (TPSA) is 50.2 Å². The first-order chi connectivity index (χ1) is 14.2. The number of amides is 1. The third-order valence-electron chi connectivity index (χ3n) is 5.63. The second-order valence-electron chi connectivity index (χ2n) is 8.35. The van der Waals surface area contributed by atoms with Crippen LogP contribution < -0.4 is 5.32 Å². The lowest BCUT2D eigenvalue weighted by Crippen LogP contribution is -2.33. The van der Waals surface area contributed by atoms with E-state index in [9.17, 15) is 18.0 Å². The van der Waals surface area contributed by atoms with Gasteiger partial charge in [-0.25, -0.2) is 0 Å². The summed E-state index contributed by atoms with van der Waals surface area (Å²) in [5.74, 6) is -0.0267. The smallest absolute Gasteiger partial charge is 0.348 e. The van der Waals surface area contributed by atoms with Gasteiger partial charge in [0.05, 0.1) is 11.8 Å². The van der Waals surface area contributed by atoms with Crippen molar-refractivity contribution in [2.45, 2.75) is 58.9 Å². The maximum absolute atomic E-state index is 13.5. The number of carbonyl (C=O) groups is 1. The van der Waals surface area contributed by atoms with Crippen molar-refractivity contribution in [2.24, 2.45) is 5.92 Å². The summed E-state index contributed by atoms with van der Waals surface area (Å²) in [5, 5.41) is 6.44. The van der Waals surface area contributed by atoms with Crippen molar-refractivity contribution < 1.29 is 18.0 Å². The lowest BCUT2D eigenvalue weighted by atomic mass is 9.98. The van der Waals surface area contributed by atoms with Crippen LogP contribution in [0.4, 0.5) is 13.2 Å². The maximum atomic E-state index is 13.5. The average Bonchev–Trinajstić information content (AvgIpc) is 3.15. The second-order valence-corrected chi connectivity index (χ2v) is 8.35. The minimum Gasteiger partial charge on any atom is -0.348 e. The van der Waals surface area contributed by atoms with Gasteiger partial charge in [-0.15, -0.1) is 0 Å². The normalized spacial score (nSPS) is 16.2. The molecule has 30 heavy (non-hydrogen) atoms. The first-order valence-corrected chi connectivity index (χ1v) is 10.4. The number of carbonyl (C=O) groups excluding carboxylic acids is 1. The molecule has 1 aliphatic heterocycles. The van der Waals surface area contributed by atoms with Crippen molar-refractivity contribution in [3.63, 3.8) is 0 Å². The predicted molar refractivity (Wildman–Crippen MR) is 109 cm³/mol. The standard InChI is InChI=1S/C22H29F3N4O/c1-15(2)29-20(22(23,24)25)19(13-27-29)21(30)26-12-17-6-4-5-7-18(17)14-28-10-8-16(3)9-11-28/h4-7,13,15-16H,8-12,14H2,1-3H3,(H,26,30). The lowest BCUT2D eigenvalue weighted by molar-refractivity contribution is -0.145. The molecule has 1 aromatic carbocycles. The summed E-state index contributed by atoms with van der Waals surface area (Å²) in [5.41, 5.74) is 0.542. The van der Waals surface area contributed by atoms with Crippen molar-refractivity contribution in [3.8, 4) is 0 Å². The quantitative estimate of drug-likeness (QED) is 0.738. The fourth-order valence-electron chi connectivity index (χ4n) is 3.82. The summed E-state index contributed by atoms with van der Waals surface area (Å²) in [6.07, 6.45) is -1.33. The highest BCUT2D eigenvalue weighted by atomic mass is 19.4. The van der Waals surface area contributed by atoms with Crippen molar-refractivity contribution in [1.82, 2.24) is 20.0 Å². The fourth-order valence-corrected chi connectivity index (χ4v) is 3.82. The number of rotatable bonds is 6. The molecular formula is C22H29F3N4O. The molecule has 0 bridgehead atoms. The van der Waals surface area contributed by atoms with Crippen LogP contribution >= 0.6 is 0 Å². The molecule has 0 aliphatic carbocycles. The zero-order valence-corrected chi connectivity index (χ0v) is 17.7. The van der Waals surface area contributed by atoms with Gasteiger partial charge in [-0.1, -0.05) is 31.2 Å². The molecule has 1 aliphatic rings. The number of benzene rings is 1. The zero-order valence-electron chi connectivity index (χ0n) is 17.7. The number of halogens is 3. The van der Waals surface area contributed by atoms with Crippen molar-refractivity contribution in [3.05, 3.63) is 52.8 Å². The van der Waals surface area contributed by atoms with E-state index in [4.69, 9.17) is 0 Å². The van der Waals surface area contributed by atoms with Gasteiger partial charge in [0.25, 0.3) is 5.91 Å². The molecule has 1 aromatic heterocycles. The van der Waals surface area contributed by atoms with Gasteiger partial charge in [0.1, 0.15) is 0 Å². The average molecular weight is 422 g/mol. The molecule has 1 N–H and O–H groups in total. The Morgan fingerprint density at radius 1 is 1.20 bits per heavy atom. The fraction of sp³-hybridized carbons (Fsp3) is 0.545. The molecule has 2 aromatic rings. The molecule has 1 saturated heterocycles. The number of nitrogens with one attached hydrogen (secondary N) is 1. The van der Waals surface area contributed by atoms with Gasteiger partial charge in [-0.05, 0) is 56.8 Å². The molecule has 8 heteroatoms. The number of aromatic nitrogens is 2. The molecule has 1 fully saturated rings. The molecule has 0 spiro atoms. The predicted octanol–water partition coefficient (Wildman–Crippen LogP) is 4.64. The van der Waals surface area contributed by atoms with Crippen molar-refractivity contribution in [2.75, 3.05) is 13.1 Å². The summed E-state index contributed by atoms with van der Waals surface area (Å²) in [4.78, 5) is 15.0. The summed E-state index contributed by atoms with van der Waals surface area (Å²) >= 11 is 0. The van der Waals surface area contributed by atoms with Crippen LogP contribution in [0.25, 0.3) is 0 Å².